The van der Waals surface area contributed by atoms with E-state index in [4.69, 9.17) is 11.6 Å². The molecule has 2 atom stereocenters. The zero-order chi connectivity index (χ0) is 8.72. The molecule has 1 nitrogen and oxygen atoms in total. The average Bonchev–Trinajstić information content (AvgIpc) is 2.30. The van der Waals surface area contributed by atoms with Crippen LogP contribution < -0.4 is 9.88 Å². The highest BCUT2D eigenvalue weighted by atomic mass is 127. The van der Waals surface area contributed by atoms with Crippen molar-refractivity contribution >= 4 is 57.7 Å². The van der Waals surface area contributed by atoms with Crippen LogP contribution in [0.2, 0.25) is 0 Å². The topological polar surface area (TPSA) is 12.9 Å². The van der Waals surface area contributed by atoms with Crippen LogP contribution in [0.4, 0.5) is 0 Å². The van der Waals surface area contributed by atoms with Gasteiger partial charge >= 0.3 is 0 Å². The molecule has 12 heavy (non-hydrogen) atoms. The van der Waals surface area contributed by atoms with Gasteiger partial charge in [0, 0.05) is 0 Å². The molecule has 4 heteroatoms. The summed E-state index contributed by atoms with van der Waals surface area (Å²) >= 11 is 10.2. The Bertz CT molecular complexity index is 374. The lowest BCUT2D eigenvalue weighted by atomic mass is 10.2. The summed E-state index contributed by atoms with van der Waals surface area (Å²) in [5.41, 5.74) is 0. The van der Waals surface area contributed by atoms with E-state index in [9.17, 15) is 0 Å². The molecule has 1 heterocycles. The van der Waals surface area contributed by atoms with Gasteiger partial charge in [-0.15, -0.1) is 22.9 Å². The number of hydrogen-bond acceptors (Lipinski definition) is 2. The van der Waals surface area contributed by atoms with E-state index >= 15 is 0 Å². The smallest absolute Gasteiger partial charge is 0.0907 e. The van der Waals surface area contributed by atoms with E-state index in [1.165, 1.54) is 4.53 Å². The second-order valence-electron chi connectivity index (χ2n) is 2.70. The molecule has 1 aromatic rings. The van der Waals surface area contributed by atoms with Crippen LogP contribution in [-0.4, -0.2) is 14.3 Å². The average molecular weight is 312 g/mol. The van der Waals surface area contributed by atoms with Crippen molar-refractivity contribution in [3.05, 3.63) is 14.9 Å². The molecule has 1 aliphatic rings. The van der Waals surface area contributed by atoms with Gasteiger partial charge < -0.3 is 0 Å². The van der Waals surface area contributed by atoms with Gasteiger partial charge in [-0.05, 0) is 13.0 Å². The van der Waals surface area contributed by atoms with Crippen LogP contribution in [0.15, 0.2) is 0 Å². The van der Waals surface area contributed by atoms with Gasteiger partial charge in [-0.25, -0.2) is 4.98 Å². The second-order valence-corrected chi connectivity index (χ2v) is 5.88. The number of halogens is 2. The maximum absolute atomic E-state index is 6.07. The molecule has 0 saturated heterocycles. The molecule has 0 aromatic carbocycles. The van der Waals surface area contributed by atoms with Crippen LogP contribution in [0.3, 0.4) is 0 Å². The van der Waals surface area contributed by atoms with E-state index in [0.717, 1.165) is 10.4 Å². The van der Waals surface area contributed by atoms with Gasteiger partial charge in [-0.2, -0.15) is 0 Å². The molecular weight excluding hydrogens is 305 g/mol. The Kier molecular flexibility index (Phi) is 2.44. The zero-order valence-electron chi connectivity index (χ0n) is 6.42. The molecule has 0 aliphatic heterocycles. The molecule has 2 unspecified atom stereocenters. The molecule has 0 bridgehead atoms. The van der Waals surface area contributed by atoms with Crippen LogP contribution in [0.25, 0.3) is 12.2 Å². The Morgan fingerprint density at radius 2 is 2.33 bits per heavy atom. The molecule has 0 amide bonds. The molecule has 0 fully saturated rings. The lowest BCUT2D eigenvalue weighted by Crippen LogP contribution is -2.31. The van der Waals surface area contributed by atoms with Crippen molar-refractivity contribution < 1.29 is 0 Å². The number of hydrogen-bond donors (Lipinski definition) is 0. The standard InChI is InChI=1S/C8H7ClINS/c1-4-11-7-2-5(9)6(10)3-8(7)12-4/h2-3,5-6H,1H3. The predicted octanol–water partition coefficient (Wildman–Crippen LogP) is 1.44. The monoisotopic (exact) mass is 311 g/mol. The van der Waals surface area contributed by atoms with Crippen LogP contribution in [-0.2, 0) is 0 Å². The Morgan fingerprint density at radius 1 is 1.58 bits per heavy atom. The van der Waals surface area contributed by atoms with Crippen molar-refractivity contribution in [2.75, 3.05) is 0 Å². The molecular formula is C8H7ClINS. The summed E-state index contributed by atoms with van der Waals surface area (Å²) in [6.45, 7) is 2.02. The minimum atomic E-state index is 0.0969. The Labute approximate surface area is 93.3 Å². The number of rotatable bonds is 0. The highest BCUT2D eigenvalue weighted by Crippen LogP contribution is 2.17. The van der Waals surface area contributed by atoms with Crippen molar-refractivity contribution in [2.24, 2.45) is 0 Å². The fourth-order valence-electron chi connectivity index (χ4n) is 1.18. The van der Waals surface area contributed by atoms with E-state index < -0.39 is 0 Å². The van der Waals surface area contributed by atoms with Gasteiger partial charge in [0.15, 0.2) is 0 Å². The van der Waals surface area contributed by atoms with E-state index in [0.29, 0.717) is 3.92 Å². The van der Waals surface area contributed by atoms with Crippen molar-refractivity contribution in [1.29, 1.82) is 0 Å². The van der Waals surface area contributed by atoms with Gasteiger partial charge in [0.05, 0.1) is 24.2 Å². The Morgan fingerprint density at radius 3 is 3.08 bits per heavy atom. The number of aryl methyl sites for hydroxylation is 1. The molecule has 1 aliphatic carbocycles. The van der Waals surface area contributed by atoms with Gasteiger partial charge in [-0.3, -0.25) is 0 Å². The first-order chi connectivity index (χ1) is 5.66. The molecule has 0 saturated carbocycles. The van der Waals surface area contributed by atoms with Gasteiger partial charge in [-0.1, -0.05) is 28.7 Å². The summed E-state index contributed by atoms with van der Waals surface area (Å²) in [6, 6.07) is 0. The second kappa shape index (κ2) is 3.27. The minimum absolute atomic E-state index is 0.0969. The van der Waals surface area contributed by atoms with Crippen LogP contribution in [0.1, 0.15) is 5.01 Å². The lowest BCUT2D eigenvalue weighted by molar-refractivity contribution is 1.14. The number of thiazole rings is 1. The van der Waals surface area contributed by atoms with Crippen molar-refractivity contribution in [2.45, 2.75) is 16.2 Å². The van der Waals surface area contributed by atoms with Gasteiger partial charge in [0.1, 0.15) is 0 Å². The molecule has 0 radical (unpaired) electrons. The minimum Gasteiger partial charge on any atom is -0.242 e. The Balaban J connectivity index is 2.69. The quantitative estimate of drug-likeness (QED) is 0.522. The van der Waals surface area contributed by atoms with E-state index in [1.807, 2.05) is 13.0 Å². The summed E-state index contributed by atoms with van der Waals surface area (Å²) < 4.78 is 1.67. The summed E-state index contributed by atoms with van der Waals surface area (Å²) in [6.07, 6.45) is 4.23. The highest BCUT2D eigenvalue weighted by molar-refractivity contribution is 14.1. The zero-order valence-corrected chi connectivity index (χ0v) is 10.2. The highest BCUT2D eigenvalue weighted by Gasteiger charge is 2.15. The van der Waals surface area contributed by atoms with Crippen molar-refractivity contribution in [1.82, 2.24) is 4.98 Å². The SMILES string of the molecule is Cc1nc2c(s1)=CC(I)C(Cl)C=2. The lowest BCUT2D eigenvalue weighted by Gasteiger charge is -2.09. The van der Waals surface area contributed by atoms with Gasteiger partial charge in [0.2, 0.25) is 0 Å². The summed E-state index contributed by atoms with van der Waals surface area (Å²) in [4.78, 5) is 4.38. The maximum Gasteiger partial charge on any atom is 0.0907 e. The fraction of sp³-hybridized carbons (Fsp3) is 0.375. The third-order valence-corrected chi connectivity index (χ3v) is 4.63. The molecule has 1 aromatic heterocycles. The first kappa shape index (κ1) is 8.97. The summed E-state index contributed by atoms with van der Waals surface area (Å²) in [7, 11) is 0. The largest absolute Gasteiger partial charge is 0.242 e. The first-order valence-electron chi connectivity index (χ1n) is 3.62. The number of aromatic nitrogens is 1. The summed E-state index contributed by atoms with van der Waals surface area (Å²) in [5.74, 6) is 0. The van der Waals surface area contributed by atoms with Crippen molar-refractivity contribution in [3.63, 3.8) is 0 Å². The molecule has 64 valence electrons. The first-order valence-corrected chi connectivity index (χ1v) is 6.12. The van der Waals surface area contributed by atoms with E-state index in [1.54, 1.807) is 11.3 Å². The third kappa shape index (κ3) is 1.54. The third-order valence-electron chi connectivity index (χ3n) is 1.72. The van der Waals surface area contributed by atoms with Crippen LogP contribution >= 0.6 is 45.5 Å². The van der Waals surface area contributed by atoms with Crippen molar-refractivity contribution in [3.8, 4) is 0 Å². The number of fused-ring (bicyclic) bond motifs is 1. The van der Waals surface area contributed by atoms with E-state index in [2.05, 4.69) is 33.7 Å². The molecule has 2 rings (SSSR count). The normalized spacial score (nSPS) is 27.2. The maximum atomic E-state index is 6.07. The predicted molar refractivity (Wildman–Crippen MR) is 62.5 cm³/mol. The van der Waals surface area contributed by atoms with Gasteiger partial charge in [0.25, 0.3) is 0 Å². The summed E-state index contributed by atoms with van der Waals surface area (Å²) in [5, 5.41) is 2.27. The molecule has 0 N–H and O–H groups in total. The molecule has 0 spiro atoms. The number of nitrogens with zero attached hydrogens (tertiary/aromatic N) is 1. The number of alkyl halides is 2. The Hall–Kier alpha value is 0.390. The van der Waals surface area contributed by atoms with Crippen LogP contribution in [0.5, 0.6) is 0 Å². The van der Waals surface area contributed by atoms with E-state index in [-0.39, 0.29) is 5.38 Å². The fourth-order valence-corrected chi connectivity index (χ4v) is 3.08. The van der Waals surface area contributed by atoms with Crippen LogP contribution in [0, 0.1) is 6.92 Å².